The van der Waals surface area contributed by atoms with Gasteiger partial charge in [-0.25, -0.2) is 9.97 Å². The van der Waals surface area contributed by atoms with E-state index in [1.54, 1.807) is 0 Å². The van der Waals surface area contributed by atoms with Crippen molar-refractivity contribution < 1.29 is 0 Å². The molecule has 0 aliphatic carbocycles. The van der Waals surface area contributed by atoms with Crippen molar-refractivity contribution in [3.63, 3.8) is 0 Å². The highest BCUT2D eigenvalue weighted by Crippen LogP contribution is 2.19. The van der Waals surface area contributed by atoms with Gasteiger partial charge in [0.05, 0.1) is 6.20 Å². The van der Waals surface area contributed by atoms with Crippen molar-refractivity contribution in [2.45, 2.75) is 20.0 Å². The van der Waals surface area contributed by atoms with Crippen molar-refractivity contribution in [2.24, 2.45) is 7.05 Å². The molecule has 0 fully saturated rings. The molecule has 0 bridgehead atoms. The molecule has 3 aromatic rings. The maximum absolute atomic E-state index is 4.52. The summed E-state index contributed by atoms with van der Waals surface area (Å²) in [7, 11) is 6.20. The molecule has 0 atom stereocenters. The van der Waals surface area contributed by atoms with E-state index < -0.39 is 0 Å². The molecule has 0 saturated carbocycles. The maximum Gasteiger partial charge on any atom is 0.158 e. The molecule has 0 radical (unpaired) electrons. The van der Waals surface area contributed by atoms with Gasteiger partial charge >= 0.3 is 0 Å². The highest BCUT2D eigenvalue weighted by atomic mass is 15.1. The Morgan fingerprint density at radius 3 is 2.61 bits per heavy atom. The molecule has 0 aliphatic heterocycles. The van der Waals surface area contributed by atoms with Crippen LogP contribution in [0.4, 0.5) is 0 Å². The van der Waals surface area contributed by atoms with Crippen LogP contribution in [0, 0.1) is 6.92 Å². The molecule has 23 heavy (non-hydrogen) atoms. The van der Waals surface area contributed by atoms with E-state index in [1.807, 2.05) is 32.6 Å². The van der Waals surface area contributed by atoms with Crippen LogP contribution in [0.5, 0.6) is 0 Å². The van der Waals surface area contributed by atoms with Crippen molar-refractivity contribution in [3.05, 3.63) is 59.8 Å². The summed E-state index contributed by atoms with van der Waals surface area (Å²) in [6.45, 7) is 3.76. The van der Waals surface area contributed by atoms with Gasteiger partial charge in [-0.3, -0.25) is 0 Å². The van der Waals surface area contributed by atoms with Crippen LogP contribution in [0.25, 0.3) is 11.5 Å². The molecule has 5 heteroatoms. The summed E-state index contributed by atoms with van der Waals surface area (Å²) in [6, 6.07) is 8.72. The van der Waals surface area contributed by atoms with Crippen molar-refractivity contribution in [3.8, 4) is 11.5 Å². The lowest BCUT2D eigenvalue weighted by atomic mass is 10.1. The number of aryl methyl sites for hydroxylation is 1. The van der Waals surface area contributed by atoms with Gasteiger partial charge in [0.25, 0.3) is 0 Å². The van der Waals surface area contributed by atoms with Gasteiger partial charge in [0.1, 0.15) is 11.5 Å². The minimum absolute atomic E-state index is 0.806. The second kappa shape index (κ2) is 6.38. The molecule has 120 valence electrons. The molecule has 2 heterocycles. The monoisotopic (exact) mass is 309 g/mol. The smallest absolute Gasteiger partial charge is 0.158 e. The van der Waals surface area contributed by atoms with Crippen LogP contribution in [0.2, 0.25) is 0 Å². The molecule has 0 aliphatic rings. The maximum atomic E-state index is 4.52. The van der Waals surface area contributed by atoms with Crippen molar-refractivity contribution >= 4 is 0 Å². The summed E-state index contributed by atoms with van der Waals surface area (Å²) in [4.78, 5) is 11.1. The predicted octanol–water partition coefficient (Wildman–Crippen LogP) is 2.70. The summed E-state index contributed by atoms with van der Waals surface area (Å²) in [5.74, 6) is 1.94. The Morgan fingerprint density at radius 1 is 1.13 bits per heavy atom. The molecule has 3 rings (SSSR count). The molecule has 0 saturated heterocycles. The number of imidazole rings is 2. The summed E-state index contributed by atoms with van der Waals surface area (Å²) >= 11 is 0. The molecular weight excluding hydrogens is 286 g/mol. The second-order valence-electron chi connectivity index (χ2n) is 6.19. The SMILES string of the molecule is Cc1ncc(-c2nccn2Cc2cccc(CN(C)C)c2)n1C. The van der Waals surface area contributed by atoms with E-state index in [2.05, 4.69) is 62.4 Å². The van der Waals surface area contributed by atoms with Crippen LogP contribution in [0.3, 0.4) is 0 Å². The number of benzene rings is 1. The first-order chi connectivity index (χ1) is 11.0. The molecule has 2 aromatic heterocycles. The molecule has 0 spiro atoms. The van der Waals surface area contributed by atoms with E-state index in [4.69, 9.17) is 0 Å². The van der Waals surface area contributed by atoms with E-state index in [0.717, 1.165) is 30.4 Å². The van der Waals surface area contributed by atoms with Crippen molar-refractivity contribution in [2.75, 3.05) is 14.1 Å². The minimum atomic E-state index is 0.806. The van der Waals surface area contributed by atoms with Gasteiger partial charge in [0.15, 0.2) is 5.82 Å². The highest BCUT2D eigenvalue weighted by molar-refractivity contribution is 5.50. The standard InChI is InChI=1S/C18H23N5/c1-14-20-11-17(22(14)4)18-19-8-9-23(18)13-16-7-5-6-15(10-16)12-21(2)3/h5-11H,12-13H2,1-4H3. The number of hydrogen-bond acceptors (Lipinski definition) is 3. The first-order valence-corrected chi connectivity index (χ1v) is 7.77. The van der Waals surface area contributed by atoms with Crippen LogP contribution in [0.15, 0.2) is 42.9 Å². The van der Waals surface area contributed by atoms with E-state index in [0.29, 0.717) is 0 Å². The molecule has 5 nitrogen and oxygen atoms in total. The third-order valence-corrected chi connectivity index (χ3v) is 4.01. The Bertz CT molecular complexity index is 797. The number of aromatic nitrogens is 4. The summed E-state index contributed by atoms with van der Waals surface area (Å²) in [5.41, 5.74) is 3.64. The van der Waals surface area contributed by atoms with Gasteiger partial charge in [-0.2, -0.15) is 0 Å². The molecule has 0 unspecified atom stereocenters. The fourth-order valence-corrected chi connectivity index (χ4v) is 2.77. The molecular formula is C18H23N5. The molecule has 0 amide bonds. The normalized spacial score (nSPS) is 11.3. The highest BCUT2D eigenvalue weighted by Gasteiger charge is 2.12. The Morgan fingerprint density at radius 2 is 1.91 bits per heavy atom. The van der Waals surface area contributed by atoms with Gasteiger partial charge < -0.3 is 14.0 Å². The Labute approximate surface area is 137 Å². The lowest BCUT2D eigenvalue weighted by Crippen LogP contribution is -2.11. The van der Waals surface area contributed by atoms with Crippen LogP contribution >= 0.6 is 0 Å². The van der Waals surface area contributed by atoms with E-state index >= 15 is 0 Å². The van der Waals surface area contributed by atoms with Crippen molar-refractivity contribution in [1.82, 2.24) is 24.0 Å². The lowest BCUT2D eigenvalue weighted by Gasteiger charge is -2.12. The van der Waals surface area contributed by atoms with Crippen LogP contribution < -0.4 is 0 Å². The summed E-state index contributed by atoms with van der Waals surface area (Å²) in [5, 5.41) is 0. The average molecular weight is 309 g/mol. The third kappa shape index (κ3) is 3.35. The van der Waals surface area contributed by atoms with E-state index in [-0.39, 0.29) is 0 Å². The van der Waals surface area contributed by atoms with Gasteiger partial charge in [-0.05, 0) is 32.1 Å². The topological polar surface area (TPSA) is 38.9 Å². The van der Waals surface area contributed by atoms with Crippen LogP contribution in [-0.4, -0.2) is 38.1 Å². The number of hydrogen-bond donors (Lipinski definition) is 0. The van der Waals surface area contributed by atoms with Gasteiger partial charge in [0.2, 0.25) is 0 Å². The van der Waals surface area contributed by atoms with E-state index in [9.17, 15) is 0 Å². The zero-order valence-electron chi connectivity index (χ0n) is 14.2. The molecule has 1 aromatic carbocycles. The first kappa shape index (κ1) is 15.5. The summed E-state index contributed by atoms with van der Waals surface area (Å²) in [6.07, 6.45) is 5.76. The first-order valence-electron chi connectivity index (χ1n) is 7.77. The van der Waals surface area contributed by atoms with Crippen LogP contribution in [-0.2, 0) is 20.1 Å². The predicted molar refractivity (Wildman–Crippen MR) is 92.1 cm³/mol. The Kier molecular flexibility index (Phi) is 4.30. The number of nitrogens with zero attached hydrogens (tertiary/aromatic N) is 5. The minimum Gasteiger partial charge on any atom is -0.329 e. The zero-order valence-corrected chi connectivity index (χ0v) is 14.2. The summed E-state index contributed by atoms with van der Waals surface area (Å²) < 4.78 is 4.24. The van der Waals surface area contributed by atoms with Crippen LogP contribution in [0.1, 0.15) is 17.0 Å². The number of rotatable bonds is 5. The largest absolute Gasteiger partial charge is 0.329 e. The Hall–Kier alpha value is -2.40. The quantitative estimate of drug-likeness (QED) is 0.727. The Balaban J connectivity index is 1.87. The van der Waals surface area contributed by atoms with E-state index in [1.165, 1.54) is 11.1 Å². The molecule has 0 N–H and O–H groups in total. The third-order valence-electron chi connectivity index (χ3n) is 4.01. The fraction of sp³-hybridized carbons (Fsp3) is 0.333. The average Bonchev–Trinajstić information content (AvgIpc) is 3.07. The fourth-order valence-electron chi connectivity index (χ4n) is 2.77. The van der Waals surface area contributed by atoms with Gasteiger partial charge in [-0.1, -0.05) is 24.3 Å². The zero-order chi connectivity index (χ0) is 16.4. The van der Waals surface area contributed by atoms with Gasteiger partial charge in [-0.15, -0.1) is 0 Å². The van der Waals surface area contributed by atoms with Crippen molar-refractivity contribution in [1.29, 1.82) is 0 Å². The van der Waals surface area contributed by atoms with Gasteiger partial charge in [0, 0.05) is 32.5 Å². The second-order valence-corrected chi connectivity index (χ2v) is 6.19. The lowest BCUT2D eigenvalue weighted by molar-refractivity contribution is 0.402.